The van der Waals surface area contributed by atoms with Crippen molar-refractivity contribution >= 4 is 22.8 Å². The van der Waals surface area contributed by atoms with Crippen LogP contribution in [0.2, 0.25) is 0 Å². The van der Waals surface area contributed by atoms with Gasteiger partial charge in [0.15, 0.2) is 17.3 Å². The summed E-state index contributed by atoms with van der Waals surface area (Å²) in [6.07, 6.45) is 4.36. The molecule has 1 aromatic heterocycles. The number of nitrogens with zero attached hydrogens (tertiary/aromatic N) is 1. The van der Waals surface area contributed by atoms with Gasteiger partial charge in [-0.2, -0.15) is 0 Å². The van der Waals surface area contributed by atoms with Crippen molar-refractivity contribution in [1.29, 1.82) is 0 Å². The molecule has 4 heteroatoms. The van der Waals surface area contributed by atoms with Crippen molar-refractivity contribution in [3.8, 4) is 11.5 Å². The molecule has 2 heterocycles. The maximum Gasteiger partial charge on any atom is 0.231 e. The summed E-state index contributed by atoms with van der Waals surface area (Å²) in [6, 6.07) is 13.6. The van der Waals surface area contributed by atoms with E-state index in [1.807, 2.05) is 42.5 Å². The fraction of sp³-hybridized carbons (Fsp3) is 0.100. The van der Waals surface area contributed by atoms with Crippen molar-refractivity contribution in [2.24, 2.45) is 0 Å². The van der Waals surface area contributed by atoms with Gasteiger partial charge in [-0.15, -0.1) is 0 Å². The molecule has 0 N–H and O–H groups in total. The molecule has 2 aromatic carbocycles. The lowest BCUT2D eigenvalue weighted by atomic mass is 10.0. The second kappa shape index (κ2) is 4.93. The molecule has 0 radical (unpaired) electrons. The summed E-state index contributed by atoms with van der Waals surface area (Å²) in [5, 5.41) is 1.05. The summed E-state index contributed by atoms with van der Waals surface area (Å²) in [5.74, 6) is 1.43. The minimum atomic E-state index is 0.0594. The van der Waals surface area contributed by atoms with Crippen LogP contribution in [0.5, 0.6) is 11.5 Å². The normalized spacial score (nSPS) is 16.8. The van der Waals surface area contributed by atoms with E-state index in [0.29, 0.717) is 17.7 Å². The predicted octanol–water partition coefficient (Wildman–Crippen LogP) is 3.79. The molecule has 2 aliphatic rings. The van der Waals surface area contributed by atoms with E-state index in [1.54, 1.807) is 12.3 Å². The highest BCUT2D eigenvalue weighted by atomic mass is 16.7. The maximum atomic E-state index is 12.8. The number of pyridine rings is 1. The summed E-state index contributed by atoms with van der Waals surface area (Å²) >= 11 is 0. The van der Waals surface area contributed by atoms with Gasteiger partial charge in [-0.3, -0.25) is 9.78 Å². The molecule has 24 heavy (non-hydrogen) atoms. The van der Waals surface area contributed by atoms with Crippen LogP contribution in [0.15, 0.2) is 54.2 Å². The van der Waals surface area contributed by atoms with Crippen LogP contribution < -0.4 is 9.47 Å². The third-order valence-corrected chi connectivity index (χ3v) is 4.52. The van der Waals surface area contributed by atoms with Gasteiger partial charge in [0.05, 0.1) is 5.52 Å². The third kappa shape index (κ3) is 1.93. The first-order valence-corrected chi connectivity index (χ1v) is 7.81. The molecule has 0 atom stereocenters. The second-order valence-electron chi connectivity index (χ2n) is 5.96. The molecule has 4 nitrogen and oxygen atoms in total. The zero-order chi connectivity index (χ0) is 16.1. The minimum Gasteiger partial charge on any atom is -0.454 e. The fourth-order valence-corrected chi connectivity index (χ4v) is 3.36. The highest BCUT2D eigenvalue weighted by Gasteiger charge is 2.28. The lowest BCUT2D eigenvalue weighted by Gasteiger charge is -2.02. The van der Waals surface area contributed by atoms with E-state index in [1.165, 1.54) is 0 Å². The van der Waals surface area contributed by atoms with E-state index >= 15 is 0 Å². The van der Waals surface area contributed by atoms with E-state index in [4.69, 9.17) is 9.47 Å². The van der Waals surface area contributed by atoms with Gasteiger partial charge in [0.1, 0.15) is 0 Å². The van der Waals surface area contributed by atoms with Crippen molar-refractivity contribution in [2.75, 3.05) is 6.79 Å². The van der Waals surface area contributed by atoms with Crippen LogP contribution in [0.4, 0.5) is 0 Å². The number of allylic oxidation sites excluding steroid dienone is 1. The van der Waals surface area contributed by atoms with Crippen LogP contribution in [0, 0.1) is 0 Å². The number of aromatic nitrogens is 1. The molecule has 0 bridgehead atoms. The first-order valence-electron chi connectivity index (χ1n) is 7.81. The van der Waals surface area contributed by atoms with E-state index < -0.39 is 0 Å². The molecule has 0 saturated heterocycles. The zero-order valence-corrected chi connectivity index (χ0v) is 12.8. The number of ketones is 1. The van der Waals surface area contributed by atoms with Gasteiger partial charge in [0.2, 0.25) is 6.79 Å². The minimum absolute atomic E-state index is 0.0594. The van der Waals surface area contributed by atoms with Crippen molar-refractivity contribution in [3.63, 3.8) is 0 Å². The number of carbonyl (C=O) groups excluding carboxylic acids is 1. The predicted molar refractivity (Wildman–Crippen MR) is 90.3 cm³/mol. The molecule has 3 aromatic rings. The van der Waals surface area contributed by atoms with Crippen molar-refractivity contribution in [2.45, 2.75) is 6.42 Å². The average molecular weight is 315 g/mol. The Labute approximate surface area is 138 Å². The van der Waals surface area contributed by atoms with E-state index in [0.717, 1.165) is 33.4 Å². The molecule has 1 aliphatic carbocycles. The Morgan fingerprint density at radius 2 is 1.92 bits per heavy atom. The number of benzene rings is 2. The number of rotatable bonds is 1. The van der Waals surface area contributed by atoms with E-state index in [9.17, 15) is 4.79 Å². The number of hydrogen-bond acceptors (Lipinski definition) is 4. The Morgan fingerprint density at radius 3 is 2.83 bits per heavy atom. The molecule has 0 spiro atoms. The summed E-state index contributed by atoms with van der Waals surface area (Å²) in [5.41, 5.74) is 4.43. The molecular weight excluding hydrogens is 302 g/mol. The Balaban J connectivity index is 1.60. The van der Waals surface area contributed by atoms with Crippen molar-refractivity contribution < 1.29 is 14.3 Å². The van der Waals surface area contributed by atoms with E-state index in [-0.39, 0.29) is 12.6 Å². The number of ether oxygens (including phenoxy) is 2. The standard InChI is InChI=1S/C20H13NO3/c22-20-14(7-12-3-1-5-17-15(12)4-2-6-21-17)8-13-9-18-19(10-16(13)20)24-11-23-18/h1-7,9-10H,8,11H2/b14-7+. The smallest absolute Gasteiger partial charge is 0.231 e. The second-order valence-corrected chi connectivity index (χ2v) is 5.96. The maximum absolute atomic E-state index is 12.8. The molecule has 1 aliphatic heterocycles. The Morgan fingerprint density at radius 1 is 1.04 bits per heavy atom. The first kappa shape index (κ1) is 13.3. The van der Waals surface area contributed by atoms with E-state index in [2.05, 4.69) is 4.98 Å². The summed E-state index contributed by atoms with van der Waals surface area (Å²) in [4.78, 5) is 17.1. The summed E-state index contributed by atoms with van der Waals surface area (Å²) in [7, 11) is 0. The van der Waals surface area contributed by atoms with Gasteiger partial charge >= 0.3 is 0 Å². The van der Waals surface area contributed by atoms with Crippen molar-refractivity contribution in [3.05, 3.63) is 70.9 Å². The molecular formula is C20H13NO3. The average Bonchev–Trinajstić information content (AvgIpc) is 3.18. The SMILES string of the molecule is O=C1/C(=C/c2cccc3ncccc23)Cc2cc3c(cc21)OCO3. The Kier molecular flexibility index (Phi) is 2.73. The highest BCUT2D eigenvalue weighted by Crippen LogP contribution is 2.39. The van der Waals surface area contributed by atoms with Gasteiger partial charge in [-0.1, -0.05) is 18.2 Å². The highest BCUT2D eigenvalue weighted by molar-refractivity contribution is 6.16. The van der Waals surface area contributed by atoms with Gasteiger partial charge in [-0.05, 0) is 41.5 Å². The van der Waals surface area contributed by atoms with Crippen LogP contribution in [0.25, 0.3) is 17.0 Å². The summed E-state index contributed by atoms with van der Waals surface area (Å²) in [6.45, 7) is 0.220. The largest absolute Gasteiger partial charge is 0.454 e. The zero-order valence-electron chi connectivity index (χ0n) is 12.8. The van der Waals surface area contributed by atoms with Gasteiger partial charge < -0.3 is 9.47 Å². The van der Waals surface area contributed by atoms with Crippen molar-refractivity contribution in [1.82, 2.24) is 4.98 Å². The Hall–Kier alpha value is -3.14. The molecule has 0 amide bonds. The molecule has 5 rings (SSSR count). The molecule has 0 saturated carbocycles. The Bertz CT molecular complexity index is 1030. The van der Waals surface area contributed by atoms with Gasteiger partial charge in [0.25, 0.3) is 0 Å². The lowest BCUT2D eigenvalue weighted by Crippen LogP contribution is -1.96. The topological polar surface area (TPSA) is 48.4 Å². The van der Waals surface area contributed by atoms with Crippen LogP contribution in [0.3, 0.4) is 0 Å². The van der Waals surface area contributed by atoms with Crippen LogP contribution >= 0.6 is 0 Å². The van der Waals surface area contributed by atoms with Crippen LogP contribution in [0.1, 0.15) is 21.5 Å². The lowest BCUT2D eigenvalue weighted by molar-refractivity contribution is 0.104. The molecule has 0 fully saturated rings. The monoisotopic (exact) mass is 315 g/mol. The quantitative estimate of drug-likeness (QED) is 0.641. The number of hydrogen-bond donors (Lipinski definition) is 0. The number of carbonyl (C=O) groups is 1. The third-order valence-electron chi connectivity index (χ3n) is 4.52. The van der Waals surface area contributed by atoms with Crippen LogP contribution in [-0.4, -0.2) is 17.6 Å². The number of fused-ring (bicyclic) bond motifs is 3. The van der Waals surface area contributed by atoms with Gasteiger partial charge in [-0.25, -0.2) is 0 Å². The molecule has 0 unspecified atom stereocenters. The molecule has 116 valence electrons. The van der Waals surface area contributed by atoms with Crippen LogP contribution in [-0.2, 0) is 6.42 Å². The van der Waals surface area contributed by atoms with Gasteiger partial charge in [0, 0.05) is 29.1 Å². The summed E-state index contributed by atoms with van der Waals surface area (Å²) < 4.78 is 10.8. The number of Topliss-reactive ketones (excluding diaryl/α,β-unsaturated/α-hetero) is 1. The fourth-order valence-electron chi connectivity index (χ4n) is 3.36. The first-order chi connectivity index (χ1) is 11.8.